The van der Waals surface area contributed by atoms with E-state index in [1.54, 1.807) is 7.11 Å². The van der Waals surface area contributed by atoms with Crippen molar-refractivity contribution < 1.29 is 19.0 Å². The van der Waals surface area contributed by atoms with Crippen LogP contribution in [-0.4, -0.2) is 39.6 Å². The minimum atomic E-state index is -0.436. The number of carbonyl (C=O) groups excluding carboxylic acids is 1. The third-order valence-electron chi connectivity index (χ3n) is 2.16. The molecule has 0 spiro atoms. The molecule has 0 aromatic heterocycles. The lowest BCUT2D eigenvalue weighted by Gasteiger charge is -2.07. The third-order valence-corrected chi connectivity index (χ3v) is 2.16. The number of methoxy groups -OCH3 is 1. The molecule has 1 rings (SSSR count). The van der Waals surface area contributed by atoms with Gasteiger partial charge in [-0.2, -0.15) is 0 Å². The van der Waals surface area contributed by atoms with Crippen LogP contribution in [0.3, 0.4) is 0 Å². The molecule has 0 atom stereocenters. The number of nitrogens with one attached hydrogen (secondary N) is 1. The molecule has 0 saturated carbocycles. The van der Waals surface area contributed by atoms with Gasteiger partial charge in [0.2, 0.25) is 0 Å². The number of carbonyl (C=O) groups is 1. The van der Waals surface area contributed by atoms with Gasteiger partial charge < -0.3 is 19.5 Å². The summed E-state index contributed by atoms with van der Waals surface area (Å²) in [7, 11) is 1.61. The van der Waals surface area contributed by atoms with Crippen molar-refractivity contribution in [2.45, 2.75) is 6.61 Å². The monoisotopic (exact) mass is 253 g/mol. The van der Waals surface area contributed by atoms with Crippen LogP contribution in [0.2, 0.25) is 0 Å². The van der Waals surface area contributed by atoms with Gasteiger partial charge in [0.15, 0.2) is 0 Å². The van der Waals surface area contributed by atoms with E-state index in [4.69, 9.17) is 14.2 Å². The molecule has 0 fully saturated rings. The van der Waals surface area contributed by atoms with Crippen molar-refractivity contribution in [3.8, 4) is 0 Å². The van der Waals surface area contributed by atoms with Crippen molar-refractivity contribution in [2.75, 3.05) is 33.5 Å². The molecule has 0 radical (unpaired) electrons. The molecule has 1 amide bonds. The number of benzene rings is 1. The molecule has 5 nitrogen and oxygen atoms in total. The van der Waals surface area contributed by atoms with Gasteiger partial charge in [0, 0.05) is 13.7 Å². The van der Waals surface area contributed by atoms with Crippen molar-refractivity contribution in [1.29, 1.82) is 0 Å². The molecule has 0 unspecified atom stereocenters. The molecule has 0 aliphatic carbocycles. The molecule has 0 aliphatic heterocycles. The fourth-order valence-electron chi connectivity index (χ4n) is 1.24. The first-order valence-electron chi connectivity index (χ1n) is 5.84. The maximum Gasteiger partial charge on any atom is 0.407 e. The second kappa shape index (κ2) is 9.44. The molecule has 0 aliphatic rings. The number of alkyl carbamates (subject to hydrolysis) is 1. The molecule has 100 valence electrons. The van der Waals surface area contributed by atoms with Gasteiger partial charge in [-0.15, -0.1) is 0 Å². The second-order valence-corrected chi connectivity index (χ2v) is 3.59. The molecule has 0 saturated heterocycles. The first-order valence-corrected chi connectivity index (χ1v) is 5.84. The summed E-state index contributed by atoms with van der Waals surface area (Å²) in [5.74, 6) is 0. The van der Waals surface area contributed by atoms with E-state index in [-0.39, 0.29) is 6.61 Å². The van der Waals surface area contributed by atoms with Crippen LogP contribution in [0.5, 0.6) is 0 Å². The normalized spacial score (nSPS) is 10.1. The molecule has 5 heteroatoms. The number of rotatable bonds is 8. The zero-order chi connectivity index (χ0) is 13.1. The largest absolute Gasteiger partial charge is 0.445 e. The molecule has 1 aromatic carbocycles. The van der Waals surface area contributed by atoms with E-state index < -0.39 is 6.09 Å². The third kappa shape index (κ3) is 6.88. The first-order chi connectivity index (χ1) is 8.83. The van der Waals surface area contributed by atoms with E-state index in [0.29, 0.717) is 26.4 Å². The predicted molar refractivity (Wildman–Crippen MR) is 67.3 cm³/mol. The van der Waals surface area contributed by atoms with Gasteiger partial charge in [0.05, 0.1) is 19.8 Å². The van der Waals surface area contributed by atoms with Crippen LogP contribution in [0.25, 0.3) is 0 Å². The summed E-state index contributed by atoms with van der Waals surface area (Å²) in [4.78, 5) is 11.3. The highest BCUT2D eigenvalue weighted by Gasteiger charge is 2.01. The Kier molecular flexibility index (Phi) is 7.59. The lowest BCUT2D eigenvalue weighted by molar-refractivity contribution is 0.0703. The molecule has 0 bridgehead atoms. The predicted octanol–water partition coefficient (Wildman–Crippen LogP) is 1.58. The number of hydrogen-bond donors (Lipinski definition) is 1. The van der Waals surface area contributed by atoms with Crippen LogP contribution in [-0.2, 0) is 20.8 Å². The first kappa shape index (κ1) is 14.5. The number of ether oxygens (including phenoxy) is 3. The highest BCUT2D eigenvalue weighted by atomic mass is 16.5. The van der Waals surface area contributed by atoms with Crippen LogP contribution < -0.4 is 5.32 Å². The van der Waals surface area contributed by atoms with E-state index in [9.17, 15) is 4.79 Å². The van der Waals surface area contributed by atoms with Crippen LogP contribution in [0.1, 0.15) is 5.56 Å². The Hall–Kier alpha value is -1.59. The van der Waals surface area contributed by atoms with Gasteiger partial charge in [-0.1, -0.05) is 30.3 Å². The summed E-state index contributed by atoms with van der Waals surface area (Å²) in [5.41, 5.74) is 0.962. The summed E-state index contributed by atoms with van der Waals surface area (Å²) in [6.07, 6.45) is -0.436. The average molecular weight is 253 g/mol. The highest BCUT2D eigenvalue weighted by molar-refractivity contribution is 5.67. The van der Waals surface area contributed by atoms with Crippen molar-refractivity contribution in [2.24, 2.45) is 0 Å². The smallest absolute Gasteiger partial charge is 0.407 e. The highest BCUT2D eigenvalue weighted by Crippen LogP contribution is 2.00. The Morgan fingerprint density at radius 1 is 1.17 bits per heavy atom. The zero-order valence-electron chi connectivity index (χ0n) is 10.6. The van der Waals surface area contributed by atoms with Gasteiger partial charge in [-0.3, -0.25) is 0 Å². The van der Waals surface area contributed by atoms with E-state index in [1.165, 1.54) is 0 Å². The summed E-state index contributed by atoms with van der Waals surface area (Å²) in [5, 5.41) is 2.60. The second-order valence-electron chi connectivity index (χ2n) is 3.59. The van der Waals surface area contributed by atoms with Gasteiger partial charge in [0.1, 0.15) is 6.61 Å². The molecule has 1 aromatic rings. The molecule has 1 N–H and O–H groups in total. The molecular formula is C13H19NO4. The van der Waals surface area contributed by atoms with Crippen LogP contribution >= 0.6 is 0 Å². The summed E-state index contributed by atoms with van der Waals surface area (Å²) in [6.45, 7) is 2.23. The van der Waals surface area contributed by atoms with Gasteiger partial charge in [-0.05, 0) is 5.56 Å². The summed E-state index contributed by atoms with van der Waals surface area (Å²) >= 11 is 0. The van der Waals surface area contributed by atoms with E-state index in [1.807, 2.05) is 30.3 Å². The molecule has 0 heterocycles. The fraction of sp³-hybridized carbons (Fsp3) is 0.462. The standard InChI is InChI=1S/C13H19NO4/c1-16-9-10-17-8-7-14-13(15)18-11-12-5-3-2-4-6-12/h2-6H,7-11H2,1H3,(H,14,15). The maximum absolute atomic E-state index is 11.3. The Balaban J connectivity index is 2.01. The fourth-order valence-corrected chi connectivity index (χ4v) is 1.24. The molecular weight excluding hydrogens is 234 g/mol. The maximum atomic E-state index is 11.3. The number of hydrogen-bond acceptors (Lipinski definition) is 4. The minimum absolute atomic E-state index is 0.275. The Morgan fingerprint density at radius 2 is 1.94 bits per heavy atom. The van der Waals surface area contributed by atoms with Crippen molar-refractivity contribution in [1.82, 2.24) is 5.32 Å². The van der Waals surface area contributed by atoms with E-state index >= 15 is 0 Å². The van der Waals surface area contributed by atoms with Gasteiger partial charge in [0.25, 0.3) is 0 Å². The summed E-state index contributed by atoms with van der Waals surface area (Å²) < 4.78 is 15.0. The Morgan fingerprint density at radius 3 is 2.67 bits per heavy atom. The van der Waals surface area contributed by atoms with Gasteiger partial charge in [-0.25, -0.2) is 4.79 Å². The minimum Gasteiger partial charge on any atom is -0.445 e. The van der Waals surface area contributed by atoms with Crippen LogP contribution in [0, 0.1) is 0 Å². The Labute approximate surface area is 107 Å². The van der Waals surface area contributed by atoms with Crippen molar-refractivity contribution in [3.63, 3.8) is 0 Å². The quantitative estimate of drug-likeness (QED) is 0.715. The lowest BCUT2D eigenvalue weighted by atomic mass is 10.2. The summed E-state index contributed by atoms with van der Waals surface area (Å²) in [6, 6.07) is 9.53. The zero-order valence-corrected chi connectivity index (χ0v) is 10.6. The number of amides is 1. The molecule has 18 heavy (non-hydrogen) atoms. The Bertz CT molecular complexity index is 329. The van der Waals surface area contributed by atoms with Crippen LogP contribution in [0.15, 0.2) is 30.3 Å². The average Bonchev–Trinajstić information content (AvgIpc) is 2.41. The van der Waals surface area contributed by atoms with Gasteiger partial charge >= 0.3 is 6.09 Å². The SMILES string of the molecule is COCCOCCNC(=O)OCc1ccccc1. The van der Waals surface area contributed by atoms with Crippen LogP contribution in [0.4, 0.5) is 4.79 Å². The van der Waals surface area contributed by atoms with Crippen molar-refractivity contribution >= 4 is 6.09 Å². The van der Waals surface area contributed by atoms with Crippen molar-refractivity contribution in [3.05, 3.63) is 35.9 Å². The lowest BCUT2D eigenvalue weighted by Crippen LogP contribution is -2.28. The van der Waals surface area contributed by atoms with E-state index in [0.717, 1.165) is 5.56 Å². The van der Waals surface area contributed by atoms with E-state index in [2.05, 4.69) is 5.32 Å². The topological polar surface area (TPSA) is 56.8 Å².